The van der Waals surface area contributed by atoms with Crippen LogP contribution in [-0.2, 0) is 33.3 Å². The van der Waals surface area contributed by atoms with E-state index in [-0.39, 0.29) is 31.4 Å². The number of hydrogen-bond acceptors (Lipinski definition) is 14. The maximum Gasteiger partial charge on any atom is 0.308 e. The topological polar surface area (TPSA) is 205 Å². The molecule has 0 aromatic rings. The lowest BCUT2D eigenvalue weighted by atomic mass is 9.74. The van der Waals surface area contributed by atoms with E-state index in [0.29, 0.717) is 6.42 Å². The highest BCUT2D eigenvalue weighted by atomic mass is 16.7. The first kappa shape index (κ1) is 42.1. The van der Waals surface area contributed by atoms with Crippen molar-refractivity contribution in [1.82, 2.24) is 4.90 Å². The molecule has 0 aliphatic carbocycles. The SMILES string of the molecule is CCC1OC(=O)CC(O[C@H]2C[C@@](C)(O)[C@@H](O)[C@H](C)O2)[C@H](C)[C@@H](O[C@@H]2O[C@H](C)C[C@H](N(C)C)[C@H]2O)[C@](C)(O)C[C@@H](C)C(=O)[C@H](C)[C@@H](O)[C@]1(C)O. The van der Waals surface area contributed by atoms with E-state index in [0.717, 1.165) is 0 Å². The minimum atomic E-state index is -2.00. The Kier molecular flexibility index (Phi) is 13.9. The Morgan fingerprint density at radius 1 is 0.878 bits per heavy atom. The zero-order chi connectivity index (χ0) is 37.4. The number of aliphatic hydroxyl groups is 6. The minimum absolute atomic E-state index is 0.125. The second-order valence-electron chi connectivity index (χ2n) is 15.9. The summed E-state index contributed by atoms with van der Waals surface area (Å²) in [5.41, 5.74) is -5.38. The second-order valence-corrected chi connectivity index (χ2v) is 15.9. The summed E-state index contributed by atoms with van der Waals surface area (Å²) in [7, 11) is 3.67. The van der Waals surface area contributed by atoms with Crippen LogP contribution in [0.15, 0.2) is 0 Å². The van der Waals surface area contributed by atoms with Crippen LogP contribution in [-0.4, -0.2) is 146 Å². The summed E-state index contributed by atoms with van der Waals surface area (Å²) in [6.07, 6.45) is -10.9. The van der Waals surface area contributed by atoms with Gasteiger partial charge in [-0.05, 0) is 68.0 Å². The number of ether oxygens (including phenoxy) is 5. The molecule has 3 saturated heterocycles. The number of cyclic esters (lactones) is 1. The van der Waals surface area contributed by atoms with E-state index in [1.165, 1.54) is 27.7 Å². The van der Waals surface area contributed by atoms with E-state index in [1.807, 2.05) is 25.9 Å². The van der Waals surface area contributed by atoms with Crippen molar-refractivity contribution in [1.29, 1.82) is 0 Å². The predicted octanol–water partition coefficient (Wildman–Crippen LogP) is 0.886. The molecule has 0 radical (unpaired) electrons. The van der Waals surface area contributed by atoms with Crippen molar-refractivity contribution in [3.05, 3.63) is 0 Å². The molecule has 2 unspecified atom stereocenters. The number of rotatable bonds is 6. The molecule has 3 rings (SSSR count). The Morgan fingerprint density at radius 3 is 2.04 bits per heavy atom. The third-order valence-electron chi connectivity index (χ3n) is 11.0. The van der Waals surface area contributed by atoms with Gasteiger partial charge in [0.15, 0.2) is 12.6 Å². The van der Waals surface area contributed by atoms with Crippen LogP contribution in [0.5, 0.6) is 0 Å². The van der Waals surface area contributed by atoms with Gasteiger partial charge in [-0.15, -0.1) is 0 Å². The van der Waals surface area contributed by atoms with E-state index in [1.54, 1.807) is 27.7 Å². The number of carbonyl (C=O) groups is 2. The predicted molar refractivity (Wildman–Crippen MR) is 177 cm³/mol. The van der Waals surface area contributed by atoms with Crippen molar-refractivity contribution >= 4 is 11.8 Å². The fraction of sp³-hybridized carbons (Fsp3) is 0.943. The highest BCUT2D eigenvalue weighted by Crippen LogP contribution is 2.39. The Balaban J connectivity index is 2.12. The lowest BCUT2D eigenvalue weighted by Crippen LogP contribution is -2.60. The summed E-state index contributed by atoms with van der Waals surface area (Å²) < 4.78 is 30.6. The Morgan fingerprint density at radius 2 is 1.49 bits per heavy atom. The third-order valence-corrected chi connectivity index (χ3v) is 11.0. The van der Waals surface area contributed by atoms with Crippen LogP contribution < -0.4 is 0 Å². The Hall–Kier alpha value is -1.30. The van der Waals surface area contributed by atoms with Gasteiger partial charge in [-0.2, -0.15) is 0 Å². The second kappa shape index (κ2) is 16.2. The lowest BCUT2D eigenvalue weighted by Gasteiger charge is -2.48. The van der Waals surface area contributed by atoms with Crippen LogP contribution in [0.3, 0.4) is 0 Å². The molecule has 3 aliphatic heterocycles. The van der Waals surface area contributed by atoms with E-state index < -0.39 is 108 Å². The first-order valence-corrected chi connectivity index (χ1v) is 17.7. The van der Waals surface area contributed by atoms with Crippen molar-refractivity contribution in [2.24, 2.45) is 17.8 Å². The van der Waals surface area contributed by atoms with E-state index in [4.69, 9.17) is 23.7 Å². The molecule has 286 valence electrons. The van der Waals surface area contributed by atoms with Gasteiger partial charge < -0.3 is 59.2 Å². The third kappa shape index (κ3) is 9.58. The molecule has 0 aromatic heterocycles. The van der Waals surface area contributed by atoms with E-state index in [9.17, 15) is 40.2 Å². The summed E-state index contributed by atoms with van der Waals surface area (Å²) in [6, 6.07) is -0.332. The molecule has 3 heterocycles. The molecule has 3 fully saturated rings. The van der Waals surface area contributed by atoms with Crippen LogP contribution in [0.25, 0.3) is 0 Å². The van der Waals surface area contributed by atoms with Crippen molar-refractivity contribution in [3.63, 3.8) is 0 Å². The van der Waals surface area contributed by atoms with Gasteiger partial charge in [0, 0.05) is 30.2 Å². The number of esters is 1. The van der Waals surface area contributed by atoms with Gasteiger partial charge in [-0.3, -0.25) is 9.59 Å². The Bertz CT molecular complexity index is 1120. The molecular formula is C35H63NO13. The van der Waals surface area contributed by atoms with Gasteiger partial charge in [0.1, 0.15) is 29.7 Å². The number of ketones is 1. The van der Waals surface area contributed by atoms with Crippen LogP contribution in [0.1, 0.15) is 94.4 Å². The maximum atomic E-state index is 13.7. The summed E-state index contributed by atoms with van der Waals surface area (Å²) in [5.74, 6) is -4.00. The van der Waals surface area contributed by atoms with Crippen LogP contribution in [0.2, 0.25) is 0 Å². The molecule has 14 nitrogen and oxygen atoms in total. The average molecular weight is 706 g/mol. The standard InChI is InChI=1S/C35H63NO13/c1-12-24-35(9,44)29(40)20(5)27(38)17(2)15-34(8,43)31(49-32-28(39)22(36(10)11)13-18(3)45-32)19(4)23(14-25(37)48-24)47-26-16-33(7,42)30(41)21(6)46-26/h17-24,26,28-32,39-44H,12-16H2,1-11H3/t17-,18-,19+,20+,21+,22+,23?,24?,26+,28-,29-,30+,31-,32+,33-,34-,35-/m1/s1. The minimum Gasteiger partial charge on any atom is -0.459 e. The Labute approximate surface area is 291 Å². The first-order valence-electron chi connectivity index (χ1n) is 17.7. The number of aliphatic hydroxyl groups excluding tert-OH is 3. The molecule has 0 aromatic carbocycles. The zero-order valence-corrected chi connectivity index (χ0v) is 31.1. The maximum absolute atomic E-state index is 13.7. The summed E-state index contributed by atoms with van der Waals surface area (Å²) in [5, 5.41) is 67.7. The van der Waals surface area contributed by atoms with Crippen LogP contribution in [0.4, 0.5) is 0 Å². The molecule has 17 atom stereocenters. The van der Waals surface area contributed by atoms with Gasteiger partial charge in [-0.25, -0.2) is 0 Å². The molecular weight excluding hydrogens is 642 g/mol. The van der Waals surface area contributed by atoms with Crippen molar-refractivity contribution in [2.45, 2.75) is 179 Å². The largest absolute Gasteiger partial charge is 0.459 e. The van der Waals surface area contributed by atoms with E-state index in [2.05, 4.69) is 0 Å². The fourth-order valence-corrected chi connectivity index (χ4v) is 7.91. The first-order chi connectivity index (χ1) is 22.4. The van der Waals surface area contributed by atoms with Gasteiger partial charge in [0.05, 0.1) is 48.1 Å². The molecule has 0 bridgehead atoms. The lowest BCUT2D eigenvalue weighted by molar-refractivity contribution is -0.313. The van der Waals surface area contributed by atoms with Crippen molar-refractivity contribution in [2.75, 3.05) is 14.1 Å². The fourth-order valence-electron chi connectivity index (χ4n) is 7.91. The van der Waals surface area contributed by atoms with E-state index >= 15 is 0 Å². The summed E-state index contributed by atoms with van der Waals surface area (Å²) in [4.78, 5) is 29.2. The highest BCUT2D eigenvalue weighted by Gasteiger charge is 2.52. The van der Waals surface area contributed by atoms with Crippen LogP contribution in [0, 0.1) is 17.8 Å². The van der Waals surface area contributed by atoms with Crippen molar-refractivity contribution in [3.8, 4) is 0 Å². The van der Waals surface area contributed by atoms with Crippen molar-refractivity contribution < 1.29 is 63.9 Å². The number of Topliss-reactive ketones (excluding diaryl/α,β-unsaturated/α-hetero) is 1. The molecule has 3 aliphatic rings. The summed E-state index contributed by atoms with van der Waals surface area (Å²) in [6.45, 7) is 14.2. The molecule has 0 amide bonds. The number of nitrogens with zero attached hydrogens (tertiary/aromatic N) is 1. The number of carbonyl (C=O) groups excluding carboxylic acids is 2. The molecule has 14 heteroatoms. The zero-order valence-electron chi connectivity index (χ0n) is 31.1. The van der Waals surface area contributed by atoms with Gasteiger partial charge >= 0.3 is 5.97 Å². The van der Waals surface area contributed by atoms with Gasteiger partial charge in [0.2, 0.25) is 0 Å². The molecule has 0 spiro atoms. The quantitative estimate of drug-likeness (QED) is 0.213. The average Bonchev–Trinajstić information content (AvgIpc) is 2.99. The van der Waals surface area contributed by atoms with Gasteiger partial charge in [-0.1, -0.05) is 27.7 Å². The smallest absolute Gasteiger partial charge is 0.308 e. The normalized spacial score (nSPS) is 49.8. The monoisotopic (exact) mass is 705 g/mol. The van der Waals surface area contributed by atoms with Crippen LogP contribution >= 0.6 is 0 Å². The molecule has 6 N–H and O–H groups in total. The highest BCUT2D eigenvalue weighted by molar-refractivity contribution is 5.83. The molecule has 0 saturated carbocycles. The molecule has 49 heavy (non-hydrogen) atoms. The number of hydrogen-bond donors (Lipinski definition) is 6. The number of likely N-dealkylation sites (N-methyl/N-ethyl adjacent to an activating group) is 1. The summed E-state index contributed by atoms with van der Waals surface area (Å²) >= 11 is 0. The van der Waals surface area contributed by atoms with Gasteiger partial charge in [0.25, 0.3) is 0 Å².